The standard InChI is InChI=1S/C12H10O3S/c13-9-6-7-12(11(14)8-9)16(15)10-4-2-1-3-5-10/h1-8,13-14H/t16-/m1/s1. The number of benzene rings is 2. The number of hydrogen-bond donors (Lipinski definition) is 2. The van der Waals surface area contributed by atoms with Crippen molar-refractivity contribution in [1.29, 1.82) is 0 Å². The van der Waals surface area contributed by atoms with Crippen LogP contribution in [0.2, 0.25) is 0 Å². The van der Waals surface area contributed by atoms with Crippen LogP contribution in [0.4, 0.5) is 0 Å². The zero-order chi connectivity index (χ0) is 11.5. The first-order valence-electron chi connectivity index (χ1n) is 4.67. The van der Waals surface area contributed by atoms with Gasteiger partial charge in [0, 0.05) is 11.0 Å². The minimum atomic E-state index is -1.43. The molecule has 0 saturated carbocycles. The second kappa shape index (κ2) is 4.37. The summed E-state index contributed by atoms with van der Waals surface area (Å²) in [6.45, 7) is 0. The lowest BCUT2D eigenvalue weighted by Crippen LogP contribution is -1.92. The van der Waals surface area contributed by atoms with E-state index in [1.54, 1.807) is 24.3 Å². The lowest BCUT2D eigenvalue weighted by molar-refractivity contribution is 0.441. The second-order valence-electron chi connectivity index (χ2n) is 3.23. The molecule has 0 saturated heterocycles. The summed E-state index contributed by atoms with van der Waals surface area (Å²) in [6, 6.07) is 12.9. The Morgan fingerprint density at radius 3 is 2.25 bits per heavy atom. The van der Waals surface area contributed by atoms with Gasteiger partial charge >= 0.3 is 0 Å². The van der Waals surface area contributed by atoms with Gasteiger partial charge in [0.1, 0.15) is 11.5 Å². The van der Waals surface area contributed by atoms with Crippen molar-refractivity contribution in [3.63, 3.8) is 0 Å². The summed E-state index contributed by atoms with van der Waals surface area (Å²) in [6.07, 6.45) is 0. The molecule has 3 nitrogen and oxygen atoms in total. The van der Waals surface area contributed by atoms with Gasteiger partial charge in [0.15, 0.2) is 0 Å². The van der Waals surface area contributed by atoms with E-state index in [1.165, 1.54) is 18.2 Å². The largest absolute Gasteiger partial charge is 0.508 e. The molecule has 2 aromatic rings. The highest BCUT2D eigenvalue weighted by Gasteiger charge is 2.11. The topological polar surface area (TPSA) is 57.5 Å². The van der Waals surface area contributed by atoms with Crippen LogP contribution in [0, 0.1) is 0 Å². The molecule has 2 aromatic carbocycles. The maximum Gasteiger partial charge on any atom is 0.135 e. The number of aromatic hydroxyl groups is 2. The van der Waals surface area contributed by atoms with Crippen molar-refractivity contribution in [3.05, 3.63) is 48.5 Å². The van der Waals surface area contributed by atoms with E-state index in [1.807, 2.05) is 6.07 Å². The minimum absolute atomic E-state index is 0.0497. The third kappa shape index (κ3) is 2.06. The molecule has 16 heavy (non-hydrogen) atoms. The van der Waals surface area contributed by atoms with Crippen molar-refractivity contribution in [1.82, 2.24) is 0 Å². The molecule has 2 rings (SSSR count). The molecule has 0 amide bonds. The van der Waals surface area contributed by atoms with Crippen molar-refractivity contribution in [2.24, 2.45) is 0 Å². The molecule has 0 aliphatic carbocycles. The Labute approximate surface area is 95.5 Å². The average molecular weight is 234 g/mol. The van der Waals surface area contributed by atoms with Gasteiger partial charge < -0.3 is 10.2 Å². The van der Waals surface area contributed by atoms with E-state index in [2.05, 4.69) is 0 Å². The van der Waals surface area contributed by atoms with Gasteiger partial charge in [-0.15, -0.1) is 0 Å². The van der Waals surface area contributed by atoms with Crippen LogP contribution in [-0.4, -0.2) is 14.4 Å². The lowest BCUT2D eigenvalue weighted by Gasteiger charge is -2.04. The molecule has 4 heteroatoms. The Morgan fingerprint density at radius 2 is 1.62 bits per heavy atom. The average Bonchev–Trinajstić information content (AvgIpc) is 2.29. The summed E-state index contributed by atoms with van der Waals surface area (Å²) in [5, 5.41) is 18.7. The Kier molecular flexibility index (Phi) is 2.92. The molecular weight excluding hydrogens is 224 g/mol. The van der Waals surface area contributed by atoms with Gasteiger partial charge in [-0.25, -0.2) is 4.21 Å². The van der Waals surface area contributed by atoms with Gasteiger partial charge in [0.2, 0.25) is 0 Å². The van der Waals surface area contributed by atoms with E-state index in [4.69, 9.17) is 5.11 Å². The smallest absolute Gasteiger partial charge is 0.135 e. The first kappa shape index (κ1) is 10.7. The van der Waals surface area contributed by atoms with E-state index in [9.17, 15) is 9.32 Å². The summed E-state index contributed by atoms with van der Waals surface area (Å²) in [7, 11) is -1.43. The molecule has 0 radical (unpaired) electrons. The molecule has 0 aliphatic rings. The van der Waals surface area contributed by atoms with Crippen LogP contribution in [0.25, 0.3) is 0 Å². The number of hydrogen-bond acceptors (Lipinski definition) is 3. The molecule has 0 spiro atoms. The van der Waals surface area contributed by atoms with Crippen LogP contribution >= 0.6 is 0 Å². The molecule has 0 heterocycles. The van der Waals surface area contributed by atoms with Crippen molar-refractivity contribution in [2.45, 2.75) is 9.79 Å². The Hall–Kier alpha value is -1.81. The summed E-state index contributed by atoms with van der Waals surface area (Å²) < 4.78 is 12.0. The van der Waals surface area contributed by atoms with Gasteiger partial charge in [-0.05, 0) is 24.3 Å². The fourth-order valence-electron chi connectivity index (χ4n) is 1.33. The first-order chi connectivity index (χ1) is 7.68. The number of rotatable bonds is 2. The van der Waals surface area contributed by atoms with Crippen LogP contribution in [0.3, 0.4) is 0 Å². The van der Waals surface area contributed by atoms with Crippen molar-refractivity contribution >= 4 is 10.8 Å². The molecule has 2 N–H and O–H groups in total. The summed E-state index contributed by atoms with van der Waals surface area (Å²) >= 11 is 0. The Balaban J connectivity index is 2.42. The molecule has 0 aliphatic heterocycles. The normalized spacial score (nSPS) is 12.2. The fraction of sp³-hybridized carbons (Fsp3) is 0. The third-order valence-electron chi connectivity index (χ3n) is 2.10. The van der Waals surface area contributed by atoms with Gasteiger partial charge in [0.25, 0.3) is 0 Å². The van der Waals surface area contributed by atoms with Crippen LogP contribution in [0.1, 0.15) is 0 Å². The highest BCUT2D eigenvalue weighted by molar-refractivity contribution is 7.85. The van der Waals surface area contributed by atoms with Crippen molar-refractivity contribution in [3.8, 4) is 11.5 Å². The summed E-state index contributed by atoms with van der Waals surface area (Å²) in [5.74, 6) is -0.214. The maximum atomic E-state index is 12.0. The zero-order valence-electron chi connectivity index (χ0n) is 8.33. The Morgan fingerprint density at radius 1 is 0.938 bits per heavy atom. The van der Waals surface area contributed by atoms with E-state index in [0.29, 0.717) is 9.79 Å². The first-order valence-corrected chi connectivity index (χ1v) is 5.82. The monoisotopic (exact) mass is 234 g/mol. The van der Waals surface area contributed by atoms with Crippen LogP contribution in [-0.2, 0) is 10.8 Å². The van der Waals surface area contributed by atoms with Crippen LogP contribution in [0.5, 0.6) is 11.5 Å². The third-order valence-corrected chi connectivity index (χ3v) is 3.54. The fourth-order valence-corrected chi connectivity index (χ4v) is 2.43. The van der Waals surface area contributed by atoms with Gasteiger partial charge in [-0.3, -0.25) is 0 Å². The molecule has 0 fully saturated rings. The molecule has 1 atom stereocenters. The zero-order valence-corrected chi connectivity index (χ0v) is 9.15. The molecule has 0 bridgehead atoms. The van der Waals surface area contributed by atoms with E-state index in [-0.39, 0.29) is 11.5 Å². The molecule has 82 valence electrons. The molecular formula is C12H10O3S. The van der Waals surface area contributed by atoms with Crippen LogP contribution in [0.15, 0.2) is 58.3 Å². The molecule has 0 aromatic heterocycles. The number of phenolic OH excluding ortho intramolecular Hbond substituents is 2. The van der Waals surface area contributed by atoms with E-state index < -0.39 is 10.8 Å². The van der Waals surface area contributed by atoms with Crippen molar-refractivity contribution < 1.29 is 14.4 Å². The van der Waals surface area contributed by atoms with Gasteiger partial charge in [0.05, 0.1) is 15.7 Å². The van der Waals surface area contributed by atoms with Gasteiger partial charge in [-0.1, -0.05) is 18.2 Å². The molecule has 0 unspecified atom stereocenters. The van der Waals surface area contributed by atoms with E-state index in [0.717, 1.165) is 0 Å². The second-order valence-corrected chi connectivity index (χ2v) is 4.68. The quantitative estimate of drug-likeness (QED) is 0.838. The maximum absolute atomic E-state index is 12.0. The summed E-state index contributed by atoms with van der Waals surface area (Å²) in [4.78, 5) is 0.910. The van der Waals surface area contributed by atoms with Gasteiger partial charge in [-0.2, -0.15) is 0 Å². The summed E-state index contributed by atoms with van der Waals surface area (Å²) in [5.41, 5.74) is 0. The van der Waals surface area contributed by atoms with Crippen molar-refractivity contribution in [2.75, 3.05) is 0 Å². The number of phenols is 2. The Bertz CT molecular complexity index is 523. The predicted octanol–water partition coefficient (Wildman–Crippen LogP) is 2.26. The van der Waals surface area contributed by atoms with Crippen LogP contribution < -0.4 is 0 Å². The SMILES string of the molecule is O=[S@](c1ccccc1)c1ccc(O)cc1O. The highest BCUT2D eigenvalue weighted by atomic mass is 32.2. The predicted molar refractivity (Wildman–Crippen MR) is 60.9 cm³/mol. The highest BCUT2D eigenvalue weighted by Crippen LogP contribution is 2.28. The lowest BCUT2D eigenvalue weighted by atomic mass is 10.3. The minimum Gasteiger partial charge on any atom is -0.508 e. The van der Waals surface area contributed by atoms with E-state index >= 15 is 0 Å².